The second kappa shape index (κ2) is 7.82. The van der Waals surface area contributed by atoms with Crippen molar-refractivity contribution in [2.24, 2.45) is 13.0 Å². The SMILES string of the molecule is CCN1C(=O)C[C@H](C(=O)NCc2cc(C)cc(OC)c2)[C@H]1c1nccn1C. The highest BCUT2D eigenvalue weighted by Crippen LogP contribution is 2.37. The number of carbonyl (C=O) groups is 2. The van der Waals surface area contributed by atoms with Crippen LogP contribution in [-0.4, -0.2) is 39.9 Å². The number of hydrogen-bond donors (Lipinski definition) is 1. The van der Waals surface area contributed by atoms with Crippen molar-refractivity contribution in [1.82, 2.24) is 19.8 Å². The second-order valence-corrected chi connectivity index (χ2v) is 6.91. The summed E-state index contributed by atoms with van der Waals surface area (Å²) in [5.41, 5.74) is 2.03. The van der Waals surface area contributed by atoms with Gasteiger partial charge in [0.1, 0.15) is 17.6 Å². The van der Waals surface area contributed by atoms with Crippen molar-refractivity contribution >= 4 is 11.8 Å². The van der Waals surface area contributed by atoms with Crippen LogP contribution in [0.25, 0.3) is 0 Å². The summed E-state index contributed by atoms with van der Waals surface area (Å²) in [6, 6.07) is 5.52. The molecule has 7 nitrogen and oxygen atoms in total. The summed E-state index contributed by atoms with van der Waals surface area (Å²) in [5, 5.41) is 2.99. The molecule has 1 fully saturated rings. The van der Waals surface area contributed by atoms with E-state index in [-0.39, 0.29) is 24.3 Å². The van der Waals surface area contributed by atoms with Gasteiger partial charge in [-0.3, -0.25) is 9.59 Å². The van der Waals surface area contributed by atoms with Crippen LogP contribution < -0.4 is 10.1 Å². The molecule has 144 valence electrons. The molecule has 1 saturated heterocycles. The van der Waals surface area contributed by atoms with Gasteiger partial charge in [0.25, 0.3) is 0 Å². The van der Waals surface area contributed by atoms with Crippen LogP contribution in [0, 0.1) is 12.8 Å². The first-order valence-electron chi connectivity index (χ1n) is 9.13. The van der Waals surface area contributed by atoms with Crippen LogP contribution in [0.5, 0.6) is 5.75 Å². The summed E-state index contributed by atoms with van der Waals surface area (Å²) in [7, 11) is 3.50. The van der Waals surface area contributed by atoms with Crippen LogP contribution in [-0.2, 0) is 23.2 Å². The van der Waals surface area contributed by atoms with Gasteiger partial charge in [-0.15, -0.1) is 0 Å². The highest BCUT2D eigenvalue weighted by molar-refractivity contribution is 5.90. The summed E-state index contributed by atoms with van der Waals surface area (Å²) in [4.78, 5) is 31.5. The lowest BCUT2D eigenvalue weighted by molar-refractivity contribution is -0.129. The monoisotopic (exact) mass is 370 g/mol. The third kappa shape index (κ3) is 3.82. The zero-order valence-corrected chi connectivity index (χ0v) is 16.2. The first-order chi connectivity index (χ1) is 12.9. The molecule has 1 N–H and O–H groups in total. The predicted octanol–water partition coefficient (Wildman–Crippen LogP) is 1.96. The second-order valence-electron chi connectivity index (χ2n) is 6.91. The first-order valence-corrected chi connectivity index (χ1v) is 9.13. The van der Waals surface area contributed by atoms with Crippen LogP contribution in [0.2, 0.25) is 0 Å². The number of ether oxygens (including phenoxy) is 1. The molecule has 1 aromatic carbocycles. The molecule has 0 aliphatic carbocycles. The van der Waals surface area contributed by atoms with Gasteiger partial charge in [-0.2, -0.15) is 0 Å². The molecule has 1 aliphatic rings. The Labute approximate surface area is 159 Å². The van der Waals surface area contributed by atoms with E-state index in [2.05, 4.69) is 10.3 Å². The number of rotatable bonds is 6. The van der Waals surface area contributed by atoms with E-state index in [1.54, 1.807) is 18.2 Å². The molecule has 0 unspecified atom stereocenters. The van der Waals surface area contributed by atoms with Gasteiger partial charge in [0.2, 0.25) is 11.8 Å². The first kappa shape index (κ1) is 18.9. The van der Waals surface area contributed by atoms with Crippen molar-refractivity contribution in [3.05, 3.63) is 47.5 Å². The number of imidazole rings is 1. The number of aromatic nitrogens is 2. The number of nitrogens with zero attached hydrogens (tertiary/aromatic N) is 3. The smallest absolute Gasteiger partial charge is 0.226 e. The normalized spacial score (nSPS) is 19.4. The third-order valence-electron chi connectivity index (χ3n) is 5.05. The summed E-state index contributed by atoms with van der Waals surface area (Å²) in [6.45, 7) is 4.85. The van der Waals surface area contributed by atoms with Gasteiger partial charge >= 0.3 is 0 Å². The number of likely N-dealkylation sites (tertiary alicyclic amines) is 1. The molecule has 0 radical (unpaired) electrons. The number of methoxy groups -OCH3 is 1. The average molecular weight is 370 g/mol. The molecule has 2 atom stereocenters. The fraction of sp³-hybridized carbons (Fsp3) is 0.450. The summed E-state index contributed by atoms with van der Waals surface area (Å²) in [6.07, 6.45) is 3.73. The standard InChI is InChI=1S/C20H26N4O3/c1-5-24-17(25)11-16(18(24)19-21-6-7-23(19)3)20(26)22-12-14-8-13(2)9-15(10-14)27-4/h6-10,16,18H,5,11-12H2,1-4H3,(H,22,26)/t16-,18-/m0/s1. The van der Waals surface area contributed by atoms with Crippen LogP contribution >= 0.6 is 0 Å². The fourth-order valence-corrected chi connectivity index (χ4v) is 3.74. The summed E-state index contributed by atoms with van der Waals surface area (Å²) in [5.74, 6) is 0.902. The molecular formula is C20H26N4O3. The van der Waals surface area contributed by atoms with Gasteiger partial charge in [0.15, 0.2) is 0 Å². The van der Waals surface area contributed by atoms with Gasteiger partial charge in [-0.25, -0.2) is 4.98 Å². The van der Waals surface area contributed by atoms with E-state index in [9.17, 15) is 9.59 Å². The number of hydrogen-bond acceptors (Lipinski definition) is 4. The van der Waals surface area contributed by atoms with Crippen molar-refractivity contribution in [3.63, 3.8) is 0 Å². The van der Waals surface area contributed by atoms with Gasteiger partial charge in [0, 0.05) is 39.0 Å². The van der Waals surface area contributed by atoms with E-state index >= 15 is 0 Å². The lowest BCUT2D eigenvalue weighted by Crippen LogP contribution is -2.36. The molecule has 2 heterocycles. The predicted molar refractivity (Wildman–Crippen MR) is 101 cm³/mol. The van der Waals surface area contributed by atoms with E-state index in [4.69, 9.17) is 4.74 Å². The Morgan fingerprint density at radius 1 is 1.37 bits per heavy atom. The maximum absolute atomic E-state index is 12.9. The van der Waals surface area contributed by atoms with Gasteiger partial charge in [-0.05, 0) is 37.1 Å². The van der Waals surface area contributed by atoms with Crippen molar-refractivity contribution in [3.8, 4) is 5.75 Å². The molecular weight excluding hydrogens is 344 g/mol. The minimum Gasteiger partial charge on any atom is -0.497 e. The van der Waals surface area contributed by atoms with Crippen molar-refractivity contribution in [1.29, 1.82) is 0 Å². The van der Waals surface area contributed by atoms with E-state index in [0.29, 0.717) is 13.1 Å². The Morgan fingerprint density at radius 2 is 2.15 bits per heavy atom. The molecule has 1 aliphatic heterocycles. The van der Waals surface area contributed by atoms with Gasteiger partial charge in [-0.1, -0.05) is 6.07 Å². The van der Waals surface area contributed by atoms with E-state index in [1.807, 2.05) is 49.9 Å². The van der Waals surface area contributed by atoms with E-state index in [1.165, 1.54) is 0 Å². The number of carbonyl (C=O) groups excluding carboxylic acids is 2. The molecule has 3 rings (SSSR count). The van der Waals surface area contributed by atoms with E-state index < -0.39 is 5.92 Å². The fourth-order valence-electron chi connectivity index (χ4n) is 3.74. The lowest BCUT2D eigenvalue weighted by atomic mass is 9.98. The van der Waals surface area contributed by atoms with Gasteiger partial charge in [0.05, 0.1) is 13.0 Å². The van der Waals surface area contributed by atoms with Crippen LogP contribution in [0.1, 0.15) is 36.3 Å². The Hall–Kier alpha value is -2.83. The van der Waals surface area contributed by atoms with Gasteiger partial charge < -0.3 is 19.5 Å². The van der Waals surface area contributed by atoms with E-state index in [0.717, 1.165) is 22.7 Å². The molecule has 27 heavy (non-hydrogen) atoms. The van der Waals surface area contributed by atoms with Crippen LogP contribution in [0.4, 0.5) is 0 Å². The number of aryl methyl sites for hydroxylation is 2. The zero-order valence-electron chi connectivity index (χ0n) is 16.2. The average Bonchev–Trinajstić information content (AvgIpc) is 3.21. The highest BCUT2D eigenvalue weighted by atomic mass is 16.5. The minimum absolute atomic E-state index is 0.0112. The quantitative estimate of drug-likeness (QED) is 0.843. The highest BCUT2D eigenvalue weighted by Gasteiger charge is 2.45. The number of nitrogens with one attached hydrogen (secondary N) is 1. The minimum atomic E-state index is -0.453. The molecule has 0 bridgehead atoms. The largest absolute Gasteiger partial charge is 0.497 e. The maximum atomic E-state index is 12.9. The number of amides is 2. The Balaban J connectivity index is 1.77. The summed E-state index contributed by atoms with van der Waals surface area (Å²) >= 11 is 0. The number of benzene rings is 1. The van der Waals surface area contributed by atoms with Crippen LogP contribution in [0.3, 0.4) is 0 Å². The van der Waals surface area contributed by atoms with Crippen molar-refractivity contribution in [2.45, 2.75) is 32.9 Å². The molecule has 7 heteroatoms. The summed E-state index contributed by atoms with van der Waals surface area (Å²) < 4.78 is 7.16. The third-order valence-corrected chi connectivity index (χ3v) is 5.05. The molecule has 0 spiro atoms. The zero-order chi connectivity index (χ0) is 19.6. The molecule has 1 aromatic heterocycles. The molecule has 0 saturated carbocycles. The Morgan fingerprint density at radius 3 is 2.78 bits per heavy atom. The van der Waals surface area contributed by atoms with Crippen LogP contribution in [0.15, 0.2) is 30.6 Å². The lowest BCUT2D eigenvalue weighted by Gasteiger charge is -2.26. The Bertz CT molecular complexity index is 846. The Kier molecular flexibility index (Phi) is 5.48. The maximum Gasteiger partial charge on any atom is 0.226 e. The topological polar surface area (TPSA) is 76.5 Å². The van der Waals surface area contributed by atoms with Crippen molar-refractivity contribution < 1.29 is 14.3 Å². The molecule has 2 aromatic rings. The molecule has 2 amide bonds. The van der Waals surface area contributed by atoms with Crippen molar-refractivity contribution in [2.75, 3.05) is 13.7 Å².